The molecule has 0 spiro atoms. The van der Waals surface area contributed by atoms with Crippen molar-refractivity contribution in [1.29, 1.82) is 5.26 Å². The normalized spacial score (nSPS) is 24.7. The van der Waals surface area contributed by atoms with Gasteiger partial charge in [0.05, 0.1) is 6.07 Å². The molecule has 3 heteroatoms. The second-order valence-corrected chi connectivity index (χ2v) is 6.97. The summed E-state index contributed by atoms with van der Waals surface area (Å²) in [4.78, 5) is 11.7. The number of nitrogens with zero attached hydrogens (tertiary/aromatic N) is 1. The fourth-order valence-corrected chi connectivity index (χ4v) is 3.33. The minimum absolute atomic E-state index is 0.133. The number of carbonyl (C=O) groups is 1. The zero-order chi connectivity index (χ0) is 13.3. The monoisotopic (exact) mass is 236 g/mol. The van der Waals surface area contributed by atoms with Crippen LogP contribution in [0.4, 0.5) is 0 Å². The fourth-order valence-electron chi connectivity index (χ4n) is 3.33. The molecule has 1 unspecified atom stereocenters. The molecule has 0 heterocycles. The maximum absolute atomic E-state index is 11.7. The quantitative estimate of drug-likeness (QED) is 0.801. The van der Waals surface area contributed by atoms with Gasteiger partial charge in [0, 0.05) is 6.04 Å². The Bertz CT molecular complexity index is 323. The zero-order valence-electron chi connectivity index (χ0n) is 11.6. The maximum Gasteiger partial charge on any atom is 0.237 e. The molecule has 1 aliphatic rings. The van der Waals surface area contributed by atoms with Crippen molar-refractivity contribution in [2.45, 2.75) is 59.9 Å². The molecule has 1 rings (SSSR count). The van der Waals surface area contributed by atoms with Crippen molar-refractivity contribution in [3.8, 4) is 6.07 Å². The Kier molecular flexibility index (Phi) is 3.86. The van der Waals surface area contributed by atoms with Gasteiger partial charge in [-0.3, -0.25) is 4.79 Å². The summed E-state index contributed by atoms with van der Waals surface area (Å²) < 4.78 is 0. The second-order valence-electron chi connectivity index (χ2n) is 6.97. The third kappa shape index (κ3) is 4.03. The highest BCUT2D eigenvalue weighted by Gasteiger charge is 2.39. The van der Waals surface area contributed by atoms with Crippen molar-refractivity contribution in [2.75, 3.05) is 0 Å². The average Bonchev–Trinajstić information content (AvgIpc) is 2.11. The maximum atomic E-state index is 11.7. The molecular formula is C14H24N2O. The highest BCUT2D eigenvalue weighted by atomic mass is 16.1. The van der Waals surface area contributed by atoms with E-state index in [1.165, 1.54) is 6.42 Å². The molecular weight excluding hydrogens is 212 g/mol. The van der Waals surface area contributed by atoms with Gasteiger partial charge in [-0.2, -0.15) is 5.26 Å². The smallest absolute Gasteiger partial charge is 0.237 e. The number of nitriles is 1. The summed E-state index contributed by atoms with van der Waals surface area (Å²) in [6.07, 6.45) is 3.18. The number of hydrogen-bond acceptors (Lipinski definition) is 2. The van der Waals surface area contributed by atoms with E-state index in [9.17, 15) is 4.79 Å². The molecule has 0 aromatic heterocycles. The molecule has 0 aromatic carbocycles. The third-order valence-electron chi connectivity index (χ3n) is 3.49. The molecule has 1 atom stereocenters. The molecule has 0 aromatic rings. The van der Waals surface area contributed by atoms with Crippen LogP contribution >= 0.6 is 0 Å². The standard InChI is InChI=1S/C14H24N2O/c1-10(8-15)12(17)16-11-6-13(2,3)9-14(4,5)7-11/h10-11H,6-7,9H2,1-5H3,(H,16,17). The zero-order valence-corrected chi connectivity index (χ0v) is 11.6. The topological polar surface area (TPSA) is 52.9 Å². The summed E-state index contributed by atoms with van der Waals surface area (Å²) in [6.45, 7) is 10.7. The molecule has 1 aliphatic carbocycles. The molecule has 0 radical (unpaired) electrons. The average molecular weight is 236 g/mol. The van der Waals surface area contributed by atoms with Gasteiger partial charge in [-0.1, -0.05) is 27.7 Å². The third-order valence-corrected chi connectivity index (χ3v) is 3.49. The van der Waals surface area contributed by atoms with E-state index in [1.807, 2.05) is 6.07 Å². The molecule has 1 saturated carbocycles. The van der Waals surface area contributed by atoms with Crippen LogP contribution in [0.2, 0.25) is 0 Å². The highest BCUT2D eigenvalue weighted by molar-refractivity contribution is 5.80. The van der Waals surface area contributed by atoms with Crippen LogP contribution in [0, 0.1) is 28.1 Å². The van der Waals surface area contributed by atoms with Crippen molar-refractivity contribution in [3.05, 3.63) is 0 Å². The van der Waals surface area contributed by atoms with Gasteiger partial charge in [0.2, 0.25) is 5.91 Å². The van der Waals surface area contributed by atoms with E-state index in [0.29, 0.717) is 0 Å². The summed E-state index contributed by atoms with van der Waals surface area (Å²) in [5.41, 5.74) is 0.519. The number of amides is 1. The number of rotatable bonds is 2. The first kappa shape index (κ1) is 14.0. The lowest BCUT2D eigenvalue weighted by molar-refractivity contribution is -0.124. The number of hydrogen-bond donors (Lipinski definition) is 1. The van der Waals surface area contributed by atoms with Gasteiger partial charge in [0.15, 0.2) is 0 Å². The first-order chi connectivity index (χ1) is 7.65. The first-order valence-electron chi connectivity index (χ1n) is 6.35. The predicted octanol–water partition coefficient (Wildman–Crippen LogP) is 2.87. The molecule has 1 N–H and O–H groups in total. The molecule has 1 fully saturated rings. The summed E-state index contributed by atoms with van der Waals surface area (Å²) in [5, 5.41) is 11.7. The molecule has 1 amide bonds. The van der Waals surface area contributed by atoms with E-state index in [1.54, 1.807) is 6.92 Å². The van der Waals surface area contributed by atoms with E-state index in [4.69, 9.17) is 5.26 Å². The van der Waals surface area contributed by atoms with Gasteiger partial charge in [0.1, 0.15) is 5.92 Å². The molecule has 96 valence electrons. The van der Waals surface area contributed by atoms with Gasteiger partial charge in [-0.15, -0.1) is 0 Å². The Labute approximate surface area is 105 Å². The molecule has 3 nitrogen and oxygen atoms in total. The SMILES string of the molecule is CC(C#N)C(=O)NC1CC(C)(C)CC(C)(C)C1. The Morgan fingerprint density at radius 1 is 1.29 bits per heavy atom. The van der Waals surface area contributed by atoms with E-state index < -0.39 is 5.92 Å². The lowest BCUT2D eigenvalue weighted by Gasteiger charge is -2.45. The minimum Gasteiger partial charge on any atom is -0.352 e. The summed E-state index contributed by atoms with van der Waals surface area (Å²) >= 11 is 0. The lowest BCUT2D eigenvalue weighted by Crippen LogP contribution is -2.47. The summed E-state index contributed by atoms with van der Waals surface area (Å²) in [6, 6.07) is 2.19. The van der Waals surface area contributed by atoms with Crippen molar-refractivity contribution >= 4 is 5.91 Å². The predicted molar refractivity (Wildman–Crippen MR) is 68.1 cm³/mol. The van der Waals surface area contributed by atoms with Crippen LogP contribution in [0.5, 0.6) is 0 Å². The Hall–Kier alpha value is -1.04. The Morgan fingerprint density at radius 3 is 2.18 bits per heavy atom. The van der Waals surface area contributed by atoms with Gasteiger partial charge < -0.3 is 5.32 Å². The van der Waals surface area contributed by atoms with Crippen LogP contribution in [-0.2, 0) is 4.79 Å². The molecule has 0 aliphatic heterocycles. The van der Waals surface area contributed by atoms with Crippen LogP contribution < -0.4 is 5.32 Å². The molecule has 17 heavy (non-hydrogen) atoms. The van der Waals surface area contributed by atoms with E-state index >= 15 is 0 Å². The van der Waals surface area contributed by atoms with Crippen LogP contribution in [0.3, 0.4) is 0 Å². The summed E-state index contributed by atoms with van der Waals surface area (Å²) in [7, 11) is 0. The van der Waals surface area contributed by atoms with Crippen LogP contribution in [-0.4, -0.2) is 11.9 Å². The highest BCUT2D eigenvalue weighted by Crippen LogP contribution is 2.45. The fraction of sp³-hybridized carbons (Fsp3) is 0.857. The van der Waals surface area contributed by atoms with Gasteiger partial charge >= 0.3 is 0 Å². The van der Waals surface area contributed by atoms with Crippen molar-refractivity contribution < 1.29 is 4.79 Å². The molecule has 0 bridgehead atoms. The van der Waals surface area contributed by atoms with E-state index in [0.717, 1.165) is 12.8 Å². The van der Waals surface area contributed by atoms with Gasteiger partial charge in [-0.25, -0.2) is 0 Å². The molecule has 0 saturated heterocycles. The van der Waals surface area contributed by atoms with Gasteiger partial charge in [0.25, 0.3) is 0 Å². The number of nitrogens with one attached hydrogen (secondary N) is 1. The Morgan fingerprint density at radius 2 is 1.76 bits per heavy atom. The van der Waals surface area contributed by atoms with Crippen molar-refractivity contribution in [1.82, 2.24) is 5.32 Å². The van der Waals surface area contributed by atoms with Crippen molar-refractivity contribution in [3.63, 3.8) is 0 Å². The van der Waals surface area contributed by atoms with Crippen LogP contribution in [0.15, 0.2) is 0 Å². The number of carbonyl (C=O) groups excluding carboxylic acids is 1. The van der Waals surface area contributed by atoms with E-state index in [2.05, 4.69) is 33.0 Å². The van der Waals surface area contributed by atoms with Gasteiger partial charge in [-0.05, 0) is 37.0 Å². The lowest BCUT2D eigenvalue weighted by atomic mass is 9.63. The summed E-state index contributed by atoms with van der Waals surface area (Å²) in [5.74, 6) is -0.686. The first-order valence-corrected chi connectivity index (χ1v) is 6.35. The van der Waals surface area contributed by atoms with Crippen LogP contribution in [0.1, 0.15) is 53.9 Å². The second kappa shape index (κ2) is 4.68. The largest absolute Gasteiger partial charge is 0.352 e. The van der Waals surface area contributed by atoms with Crippen molar-refractivity contribution in [2.24, 2.45) is 16.7 Å². The van der Waals surface area contributed by atoms with Crippen LogP contribution in [0.25, 0.3) is 0 Å². The Balaban J connectivity index is 2.67. The minimum atomic E-state index is -0.553. The van der Waals surface area contributed by atoms with E-state index in [-0.39, 0.29) is 22.8 Å².